The Labute approximate surface area is 211 Å². The van der Waals surface area contributed by atoms with Gasteiger partial charge < -0.3 is 8.85 Å². The van der Waals surface area contributed by atoms with Gasteiger partial charge in [-0.15, -0.1) is 0 Å². The lowest BCUT2D eigenvalue weighted by Crippen LogP contribution is -2.42. The molecule has 0 atom stereocenters. The minimum absolute atomic E-state index is 0.820. The van der Waals surface area contributed by atoms with E-state index in [1.165, 1.54) is 153 Å². The molecular weight excluding hydrogens is 420 g/mol. The van der Waals surface area contributed by atoms with Crippen molar-refractivity contribution >= 4 is 8.56 Å². The summed E-state index contributed by atoms with van der Waals surface area (Å²) in [7, 11) is -1.96. The van der Waals surface area contributed by atoms with Gasteiger partial charge in [0.1, 0.15) is 0 Å². The van der Waals surface area contributed by atoms with E-state index in [4.69, 9.17) is 8.85 Å². The van der Waals surface area contributed by atoms with Crippen LogP contribution in [0.5, 0.6) is 0 Å². The third-order valence-electron chi connectivity index (χ3n) is 7.14. The van der Waals surface area contributed by atoms with E-state index in [9.17, 15) is 0 Å². The molecule has 0 radical (unpaired) electrons. The third kappa shape index (κ3) is 22.4. The first-order valence-corrected chi connectivity index (χ1v) is 17.8. The topological polar surface area (TPSA) is 18.5 Å². The fraction of sp³-hybridized carbons (Fsp3) is 1.00. The van der Waals surface area contributed by atoms with Gasteiger partial charge in [-0.2, -0.15) is 0 Å². The summed E-state index contributed by atoms with van der Waals surface area (Å²) in [5, 5.41) is 0. The minimum Gasteiger partial charge on any atom is -0.394 e. The van der Waals surface area contributed by atoms with E-state index in [1.807, 2.05) is 0 Å². The summed E-state index contributed by atoms with van der Waals surface area (Å²) in [6.07, 6.45) is 31.1. The lowest BCUT2D eigenvalue weighted by atomic mass is 10.0. The van der Waals surface area contributed by atoms with Crippen LogP contribution in [0, 0.1) is 0 Å². The summed E-state index contributed by atoms with van der Waals surface area (Å²) in [6, 6.07) is 2.41. The smallest absolute Gasteiger partial charge is 0.338 e. The normalized spacial score (nSPS) is 12.0. The van der Waals surface area contributed by atoms with E-state index >= 15 is 0 Å². The van der Waals surface area contributed by atoms with Crippen LogP contribution < -0.4 is 0 Å². The van der Waals surface area contributed by atoms with Crippen molar-refractivity contribution < 1.29 is 8.85 Å². The van der Waals surface area contributed by atoms with Crippen molar-refractivity contribution in [2.45, 2.75) is 181 Å². The van der Waals surface area contributed by atoms with Gasteiger partial charge in [0.05, 0.1) is 0 Å². The molecule has 0 aromatic rings. The predicted octanol–water partition coefficient (Wildman–Crippen LogP) is 11.1. The van der Waals surface area contributed by atoms with Crippen LogP contribution in [-0.4, -0.2) is 21.8 Å². The molecule has 0 saturated heterocycles. The van der Waals surface area contributed by atoms with Crippen LogP contribution in [0.15, 0.2) is 0 Å². The lowest BCUT2D eigenvalue weighted by molar-refractivity contribution is 0.180. The zero-order chi connectivity index (χ0) is 24.3. The Morgan fingerprint density at radius 2 is 0.576 bits per heavy atom. The fourth-order valence-electron chi connectivity index (χ4n) is 5.10. The van der Waals surface area contributed by atoms with Crippen molar-refractivity contribution in [3.05, 3.63) is 0 Å². The summed E-state index contributed by atoms with van der Waals surface area (Å²) in [4.78, 5) is 0. The van der Waals surface area contributed by atoms with Gasteiger partial charge in [0.15, 0.2) is 0 Å². The quantitative estimate of drug-likeness (QED) is 0.0811. The minimum atomic E-state index is -1.96. The highest BCUT2D eigenvalue weighted by Gasteiger charge is 2.35. The molecule has 0 aliphatic heterocycles. The van der Waals surface area contributed by atoms with Gasteiger partial charge in [0.2, 0.25) is 0 Å². The van der Waals surface area contributed by atoms with Crippen molar-refractivity contribution in [2.75, 3.05) is 13.2 Å². The number of hydrogen-bond donors (Lipinski definition) is 0. The fourth-order valence-corrected chi connectivity index (χ4v) is 8.64. The maximum atomic E-state index is 6.32. The molecule has 0 aromatic carbocycles. The van der Waals surface area contributed by atoms with Crippen LogP contribution in [0.3, 0.4) is 0 Å². The number of rotatable bonds is 28. The summed E-state index contributed by atoms with van der Waals surface area (Å²) >= 11 is 0. The van der Waals surface area contributed by atoms with Crippen molar-refractivity contribution in [1.29, 1.82) is 0 Å². The third-order valence-corrected chi connectivity index (χ3v) is 11.0. The summed E-state index contributed by atoms with van der Waals surface area (Å²) in [5.41, 5.74) is 0. The van der Waals surface area contributed by atoms with Crippen molar-refractivity contribution in [1.82, 2.24) is 0 Å². The average molecular weight is 485 g/mol. The van der Waals surface area contributed by atoms with E-state index in [1.54, 1.807) is 0 Å². The van der Waals surface area contributed by atoms with E-state index in [0.717, 1.165) is 13.2 Å². The van der Waals surface area contributed by atoms with Gasteiger partial charge in [-0.25, -0.2) is 0 Å². The van der Waals surface area contributed by atoms with Gasteiger partial charge in [-0.1, -0.05) is 155 Å². The molecule has 0 unspecified atom stereocenters. The van der Waals surface area contributed by atoms with Crippen LogP contribution in [0.25, 0.3) is 0 Å². The molecule has 3 heteroatoms. The zero-order valence-electron chi connectivity index (χ0n) is 23.7. The van der Waals surface area contributed by atoms with Crippen LogP contribution in [0.1, 0.15) is 169 Å². The largest absolute Gasteiger partial charge is 0.394 e. The van der Waals surface area contributed by atoms with Gasteiger partial charge >= 0.3 is 8.56 Å². The molecule has 0 heterocycles. The highest BCUT2D eigenvalue weighted by molar-refractivity contribution is 6.67. The molecule has 0 spiro atoms. The maximum Gasteiger partial charge on any atom is 0.338 e. The molecule has 0 aliphatic rings. The summed E-state index contributed by atoms with van der Waals surface area (Å²) in [5.74, 6) is 0. The highest BCUT2D eigenvalue weighted by atomic mass is 28.4. The molecule has 0 bridgehead atoms. The molecule has 0 amide bonds. The van der Waals surface area contributed by atoms with Gasteiger partial charge in [0.25, 0.3) is 0 Å². The highest BCUT2D eigenvalue weighted by Crippen LogP contribution is 2.26. The van der Waals surface area contributed by atoms with Crippen molar-refractivity contribution in [2.24, 2.45) is 0 Å². The SMILES string of the molecule is CCCCCCCCCCCCCCCCCCC[Si](CCCCCCC)(OCC)OCC. The Hall–Kier alpha value is 0.137. The monoisotopic (exact) mass is 484 g/mol. The first-order chi connectivity index (χ1) is 16.2. The Morgan fingerprint density at radius 3 is 0.818 bits per heavy atom. The van der Waals surface area contributed by atoms with Crippen LogP contribution >= 0.6 is 0 Å². The molecule has 33 heavy (non-hydrogen) atoms. The zero-order valence-corrected chi connectivity index (χ0v) is 24.7. The first-order valence-electron chi connectivity index (χ1n) is 15.5. The molecule has 200 valence electrons. The van der Waals surface area contributed by atoms with Gasteiger partial charge in [-0.05, 0) is 25.9 Å². The first kappa shape index (κ1) is 33.1. The van der Waals surface area contributed by atoms with Crippen molar-refractivity contribution in [3.63, 3.8) is 0 Å². The molecule has 0 rings (SSSR count). The summed E-state index contributed by atoms with van der Waals surface area (Å²) in [6.45, 7) is 10.5. The Kier molecular flexibility index (Phi) is 26.8. The average Bonchev–Trinajstić information content (AvgIpc) is 2.81. The van der Waals surface area contributed by atoms with Gasteiger partial charge in [0, 0.05) is 13.2 Å². The lowest BCUT2D eigenvalue weighted by Gasteiger charge is -2.30. The molecule has 0 saturated carbocycles. The van der Waals surface area contributed by atoms with E-state index < -0.39 is 8.56 Å². The standard InChI is InChI=1S/C30H64O2Si/c1-5-9-11-13-14-15-16-17-18-19-20-21-22-23-24-26-28-30-33(31-7-3,32-8-4)29-27-25-12-10-6-2/h5-30H2,1-4H3. The van der Waals surface area contributed by atoms with E-state index in [-0.39, 0.29) is 0 Å². The van der Waals surface area contributed by atoms with Crippen molar-refractivity contribution in [3.8, 4) is 0 Å². The number of unbranched alkanes of at least 4 members (excludes halogenated alkanes) is 20. The predicted molar refractivity (Wildman–Crippen MR) is 152 cm³/mol. The second-order valence-electron chi connectivity index (χ2n) is 10.3. The second-order valence-corrected chi connectivity index (χ2v) is 13.7. The van der Waals surface area contributed by atoms with Crippen LogP contribution in [-0.2, 0) is 8.85 Å². The Morgan fingerprint density at radius 1 is 0.333 bits per heavy atom. The molecule has 2 nitrogen and oxygen atoms in total. The molecule has 0 fully saturated rings. The van der Waals surface area contributed by atoms with Crippen LogP contribution in [0.4, 0.5) is 0 Å². The van der Waals surface area contributed by atoms with E-state index in [2.05, 4.69) is 27.7 Å². The maximum absolute atomic E-state index is 6.32. The Bertz CT molecular complexity index is 355. The molecule has 0 aromatic heterocycles. The Balaban J connectivity index is 3.65. The second kappa shape index (κ2) is 26.7. The van der Waals surface area contributed by atoms with E-state index in [0.29, 0.717) is 0 Å². The van der Waals surface area contributed by atoms with Gasteiger partial charge in [-0.3, -0.25) is 0 Å². The molecule has 0 N–H and O–H groups in total. The summed E-state index contributed by atoms with van der Waals surface area (Å²) < 4.78 is 12.6. The molecular formula is C30H64O2Si. The number of hydrogen-bond acceptors (Lipinski definition) is 2. The molecule has 0 aliphatic carbocycles. The van der Waals surface area contributed by atoms with Crippen LogP contribution in [0.2, 0.25) is 12.1 Å².